The van der Waals surface area contributed by atoms with Crippen molar-refractivity contribution in [3.05, 3.63) is 145 Å². The predicted molar refractivity (Wildman–Crippen MR) is 214 cm³/mol. The lowest BCUT2D eigenvalue weighted by molar-refractivity contribution is 0.0601. The zero-order valence-corrected chi connectivity index (χ0v) is 33.3. The van der Waals surface area contributed by atoms with E-state index >= 15 is 0 Å². The van der Waals surface area contributed by atoms with Crippen molar-refractivity contribution in [3.8, 4) is 32.4 Å². The Morgan fingerprint density at radius 2 is 1.11 bits per heavy atom. The van der Waals surface area contributed by atoms with E-state index in [1.165, 1.54) is 56.0 Å². The third kappa shape index (κ3) is 10.2. The van der Waals surface area contributed by atoms with Gasteiger partial charge >= 0.3 is 17.9 Å². The molecule has 0 spiro atoms. The number of carbonyl (C=O) groups is 4. The first-order valence-electron chi connectivity index (χ1n) is 16.8. The van der Waals surface area contributed by atoms with Crippen molar-refractivity contribution >= 4 is 52.1 Å². The molecule has 6 aromatic rings. The number of anilines is 1. The fourth-order valence-electron chi connectivity index (χ4n) is 5.41. The predicted octanol–water partition coefficient (Wildman–Crippen LogP) is 10.8. The van der Waals surface area contributed by atoms with E-state index in [2.05, 4.69) is 9.47 Å². The summed E-state index contributed by atoms with van der Waals surface area (Å²) in [5, 5.41) is 30.5. The molecule has 20 heteroatoms. The maximum atomic E-state index is 14.3. The third-order valence-corrected chi connectivity index (χ3v) is 10.6. The fraction of sp³-hybridized carbons (Fsp3) is 0.143. The molecule has 0 aliphatic carbocycles. The van der Waals surface area contributed by atoms with E-state index in [-0.39, 0.29) is 56.2 Å². The Hall–Kier alpha value is -6.80. The normalized spacial score (nSPS) is 10.4. The lowest BCUT2D eigenvalue weighted by atomic mass is 9.98. The highest BCUT2D eigenvalue weighted by molar-refractivity contribution is 7.14. The number of phenolic OH excluding ortho intramolecular Hbond substituents is 1. The van der Waals surface area contributed by atoms with Crippen molar-refractivity contribution < 1.29 is 79.1 Å². The monoisotopic (exact) mass is 911 g/mol. The SMILES string of the molecule is C.COC(=O)c1c(N)csc1-c1ccc(C)c(F)c1F.COc1c(C(=O)O)ccc(F)c1F.Cc1ccc(-c2scc(CC(=O)c3ccc(F)c(F)c3O)c2C(=O)O)c(F)c1F. The molecule has 0 amide bonds. The van der Waals surface area contributed by atoms with Gasteiger partial charge in [-0.25, -0.2) is 40.7 Å². The number of carboxylic acids is 2. The van der Waals surface area contributed by atoms with E-state index < -0.39 is 105 Å². The Bertz CT molecular complexity index is 2700. The summed E-state index contributed by atoms with van der Waals surface area (Å²) in [5.41, 5.74) is 4.52. The van der Waals surface area contributed by atoms with Crippen LogP contribution in [0.3, 0.4) is 0 Å². The second-order valence-electron chi connectivity index (χ2n) is 12.4. The van der Waals surface area contributed by atoms with Gasteiger partial charge in [0.25, 0.3) is 0 Å². The number of methoxy groups -OCH3 is 2. The summed E-state index contributed by atoms with van der Waals surface area (Å²) in [4.78, 5) is 46.4. The van der Waals surface area contributed by atoms with E-state index in [0.717, 1.165) is 48.0 Å². The minimum atomic E-state index is -1.60. The van der Waals surface area contributed by atoms with Crippen LogP contribution in [0, 0.1) is 60.4 Å². The van der Waals surface area contributed by atoms with Crippen LogP contribution in [0.4, 0.5) is 40.8 Å². The molecule has 0 saturated heterocycles. The highest BCUT2D eigenvalue weighted by atomic mass is 32.1. The second-order valence-corrected chi connectivity index (χ2v) is 14.1. The number of esters is 1. The van der Waals surface area contributed by atoms with E-state index in [9.17, 15) is 64.5 Å². The average molecular weight is 912 g/mol. The molecule has 0 aliphatic heterocycles. The van der Waals surface area contributed by atoms with Gasteiger partial charge in [-0.05, 0) is 60.2 Å². The number of halogens is 8. The number of hydrogen-bond donors (Lipinski definition) is 4. The molecule has 0 aliphatic rings. The highest BCUT2D eigenvalue weighted by Gasteiger charge is 2.27. The van der Waals surface area contributed by atoms with Crippen LogP contribution < -0.4 is 10.5 Å². The van der Waals surface area contributed by atoms with Gasteiger partial charge < -0.3 is 30.5 Å². The summed E-state index contributed by atoms with van der Waals surface area (Å²) in [6.07, 6.45) is -0.577. The first kappa shape index (κ1) is 49.6. The van der Waals surface area contributed by atoms with E-state index in [1.54, 1.807) is 0 Å². The summed E-state index contributed by atoms with van der Waals surface area (Å²) in [6.45, 7) is 2.82. The molecule has 328 valence electrons. The number of rotatable bonds is 9. The number of nitrogen functional groups attached to an aromatic ring is 1. The first-order valence-corrected chi connectivity index (χ1v) is 18.6. The van der Waals surface area contributed by atoms with Gasteiger partial charge in [0.15, 0.2) is 52.2 Å². The Morgan fingerprint density at radius 3 is 1.60 bits per heavy atom. The lowest BCUT2D eigenvalue weighted by Gasteiger charge is -2.08. The Labute approximate surface area is 355 Å². The number of ketones is 1. The number of ether oxygens (including phenoxy) is 2. The number of Topliss-reactive ketones (excluding diaryl/α,β-unsaturated/α-hetero) is 1. The Morgan fingerprint density at radius 1 is 0.629 bits per heavy atom. The van der Waals surface area contributed by atoms with Crippen molar-refractivity contribution in [2.75, 3.05) is 20.0 Å². The topological polar surface area (TPSA) is 173 Å². The molecule has 0 atom stereocenters. The minimum Gasteiger partial charge on any atom is -0.504 e. The van der Waals surface area contributed by atoms with Crippen molar-refractivity contribution in [1.29, 1.82) is 0 Å². The number of aryl methyl sites for hydroxylation is 2. The number of nitrogens with two attached hydrogens (primary N) is 1. The van der Waals surface area contributed by atoms with Crippen molar-refractivity contribution in [2.45, 2.75) is 27.7 Å². The van der Waals surface area contributed by atoms with Crippen molar-refractivity contribution in [1.82, 2.24) is 0 Å². The molecule has 0 bridgehead atoms. The fourth-order valence-corrected chi connectivity index (χ4v) is 7.46. The maximum absolute atomic E-state index is 14.3. The molecule has 6 rings (SSSR count). The molecule has 2 heterocycles. The zero-order chi connectivity index (χ0) is 45.6. The molecule has 10 nitrogen and oxygen atoms in total. The largest absolute Gasteiger partial charge is 0.504 e. The van der Waals surface area contributed by atoms with Crippen molar-refractivity contribution in [3.63, 3.8) is 0 Å². The lowest BCUT2D eigenvalue weighted by Crippen LogP contribution is -2.09. The molecule has 0 fully saturated rings. The quantitative estimate of drug-likeness (QED) is 0.0621. The molecule has 4 aromatic carbocycles. The highest BCUT2D eigenvalue weighted by Crippen LogP contribution is 2.39. The minimum absolute atomic E-state index is 0. The van der Waals surface area contributed by atoms with E-state index in [4.69, 9.17) is 10.8 Å². The third-order valence-electron chi connectivity index (χ3n) is 8.54. The van der Waals surface area contributed by atoms with Gasteiger partial charge in [-0.3, -0.25) is 4.79 Å². The summed E-state index contributed by atoms with van der Waals surface area (Å²) in [6, 6.07) is 8.61. The van der Waals surface area contributed by atoms with Crippen molar-refractivity contribution in [2.24, 2.45) is 0 Å². The van der Waals surface area contributed by atoms with Gasteiger partial charge in [0, 0.05) is 22.9 Å². The molecule has 0 radical (unpaired) electrons. The van der Waals surface area contributed by atoms with Crippen LogP contribution in [0.5, 0.6) is 11.5 Å². The van der Waals surface area contributed by atoms with Gasteiger partial charge in [0.2, 0.25) is 11.6 Å². The van der Waals surface area contributed by atoms with Gasteiger partial charge in [-0.2, -0.15) is 8.78 Å². The van der Waals surface area contributed by atoms with Crippen LogP contribution >= 0.6 is 22.7 Å². The average Bonchev–Trinajstić information content (AvgIpc) is 3.82. The van der Waals surface area contributed by atoms with Crippen LogP contribution in [0.2, 0.25) is 0 Å². The molecular weight excluding hydrogens is 879 g/mol. The van der Waals surface area contributed by atoms with Gasteiger partial charge in [-0.1, -0.05) is 31.7 Å². The number of benzene rings is 4. The number of aromatic hydroxyl groups is 1. The van der Waals surface area contributed by atoms with E-state index in [1.807, 2.05) is 0 Å². The zero-order valence-electron chi connectivity index (χ0n) is 31.7. The maximum Gasteiger partial charge on any atom is 0.341 e. The molecular formula is C42H33F8NO9S2. The van der Waals surface area contributed by atoms with Gasteiger partial charge in [0.05, 0.1) is 40.8 Å². The molecule has 2 aromatic heterocycles. The number of phenols is 1. The molecule has 5 N–H and O–H groups in total. The van der Waals surface area contributed by atoms with Crippen LogP contribution in [-0.4, -0.2) is 53.2 Å². The van der Waals surface area contributed by atoms with Crippen LogP contribution in [0.25, 0.3) is 20.9 Å². The van der Waals surface area contributed by atoms with E-state index in [0.29, 0.717) is 6.07 Å². The standard InChI is InChI=1S/C20H12F4O4S.C13H11F2NO2S.C8H6F2O3.CH4/c1-8-2-3-11(16(23)15(8)22)19-14(20(27)28)9(7-29-19)6-13(25)10-4-5-12(21)17(24)18(10)26;1-6-3-4-7(11(15)10(6)14)12-9(13(17)18-2)8(16)5-19-12;1-13-7-4(8(11)12)2-3-5(9)6(7)10;/h2-5,7,26H,6H2,1H3,(H,27,28);3-5H,16H2,1-2H3;2-3H,1H3,(H,11,12);1H4. The molecule has 0 unspecified atom stereocenters. The number of carbonyl (C=O) groups excluding carboxylic acids is 2. The van der Waals surface area contributed by atoms with Gasteiger partial charge in [-0.15, -0.1) is 22.7 Å². The number of thiophene rings is 2. The number of hydrogen-bond acceptors (Lipinski definition) is 10. The summed E-state index contributed by atoms with van der Waals surface area (Å²) >= 11 is 1.87. The summed E-state index contributed by atoms with van der Waals surface area (Å²) < 4.78 is 117. The Balaban J connectivity index is 0.000000267. The van der Waals surface area contributed by atoms with Gasteiger partial charge in [0.1, 0.15) is 11.1 Å². The first-order chi connectivity index (χ1) is 28.7. The smallest absolute Gasteiger partial charge is 0.341 e. The molecule has 0 saturated carbocycles. The molecule has 62 heavy (non-hydrogen) atoms. The summed E-state index contributed by atoms with van der Waals surface area (Å²) in [5.74, 6) is -15.8. The van der Waals surface area contributed by atoms with Crippen LogP contribution in [-0.2, 0) is 11.2 Å². The second kappa shape index (κ2) is 20.6. The van der Waals surface area contributed by atoms with Crippen LogP contribution in [0.15, 0.2) is 59.3 Å². The number of carboxylic acid groups (broad SMARTS) is 2. The Kier molecular flexibility index (Phi) is 16.5. The van der Waals surface area contributed by atoms with Crippen LogP contribution in [0.1, 0.15) is 65.5 Å². The number of aromatic carboxylic acids is 2. The summed E-state index contributed by atoms with van der Waals surface area (Å²) in [7, 11) is 2.28.